The highest BCUT2D eigenvalue weighted by Crippen LogP contribution is 2.21. The first-order valence-corrected chi connectivity index (χ1v) is 7.30. The Hall–Kier alpha value is -1.98. The van der Waals surface area contributed by atoms with Crippen LogP contribution in [0.4, 0.5) is 5.69 Å². The van der Waals surface area contributed by atoms with Crippen LogP contribution in [-0.2, 0) is 16.4 Å². The molecule has 2 aromatic rings. The third kappa shape index (κ3) is 3.74. The molecule has 0 aromatic heterocycles. The first-order valence-electron chi connectivity index (χ1n) is 5.75. The lowest BCUT2D eigenvalue weighted by Crippen LogP contribution is -2.12. The van der Waals surface area contributed by atoms with Gasteiger partial charge in [0.15, 0.2) is 0 Å². The van der Waals surface area contributed by atoms with Crippen LogP contribution in [0.15, 0.2) is 64.5 Å². The predicted octanol–water partition coefficient (Wildman–Crippen LogP) is 2.28. The predicted molar refractivity (Wildman–Crippen MR) is 76.1 cm³/mol. The summed E-state index contributed by atoms with van der Waals surface area (Å²) in [5, 5.41) is 5.14. The minimum absolute atomic E-state index is 0.0410. The molecule has 0 saturated carbocycles. The molecule has 19 heavy (non-hydrogen) atoms. The molecule has 2 rings (SSSR count). The lowest BCUT2D eigenvalue weighted by molar-refractivity contribution is 0.598. The number of para-hydroxylation sites is 1. The van der Waals surface area contributed by atoms with Crippen molar-refractivity contribution in [3.63, 3.8) is 0 Å². The standard InChI is InChI=1S/C14H14N2O2S/c15-19(17,18)14-9-5-4-8-13(14)16-11-10-12-6-2-1-3-7-12/h1-9,11H,10H2,(H2,15,17,18). The third-order valence-electron chi connectivity index (χ3n) is 2.57. The normalized spacial score (nSPS) is 11.8. The largest absolute Gasteiger partial charge is 0.259 e. The van der Waals surface area contributed by atoms with Gasteiger partial charge in [-0.3, -0.25) is 4.99 Å². The zero-order chi connectivity index (χ0) is 13.7. The Bertz CT molecular complexity index is 680. The second-order valence-corrected chi connectivity index (χ2v) is 5.54. The van der Waals surface area contributed by atoms with Crippen molar-refractivity contribution >= 4 is 21.9 Å². The maximum Gasteiger partial charge on any atom is 0.240 e. The maximum absolute atomic E-state index is 11.4. The minimum atomic E-state index is -3.74. The summed E-state index contributed by atoms with van der Waals surface area (Å²) in [5.41, 5.74) is 1.47. The van der Waals surface area contributed by atoms with E-state index in [2.05, 4.69) is 4.99 Å². The molecular formula is C14H14N2O2S. The average molecular weight is 274 g/mol. The van der Waals surface area contributed by atoms with Gasteiger partial charge in [-0.05, 0) is 17.7 Å². The number of primary sulfonamides is 1. The van der Waals surface area contributed by atoms with Crippen LogP contribution in [0.3, 0.4) is 0 Å². The van der Waals surface area contributed by atoms with Gasteiger partial charge in [-0.25, -0.2) is 13.6 Å². The molecule has 0 fully saturated rings. The fourth-order valence-corrected chi connectivity index (χ4v) is 2.35. The van der Waals surface area contributed by atoms with E-state index in [-0.39, 0.29) is 4.90 Å². The molecule has 4 nitrogen and oxygen atoms in total. The number of nitrogens with two attached hydrogens (primary N) is 1. The van der Waals surface area contributed by atoms with Crippen LogP contribution in [0, 0.1) is 0 Å². The van der Waals surface area contributed by atoms with Gasteiger partial charge in [0.05, 0.1) is 5.69 Å². The molecule has 0 aliphatic rings. The zero-order valence-corrected chi connectivity index (χ0v) is 11.0. The van der Waals surface area contributed by atoms with Crippen LogP contribution in [-0.4, -0.2) is 14.6 Å². The van der Waals surface area contributed by atoms with E-state index in [1.54, 1.807) is 24.4 Å². The molecule has 0 amide bonds. The molecule has 0 aliphatic heterocycles. The van der Waals surface area contributed by atoms with Gasteiger partial charge in [0.1, 0.15) is 4.90 Å². The Balaban J connectivity index is 2.20. The number of aliphatic imine (C=N–C) groups is 1. The molecule has 0 radical (unpaired) electrons. The van der Waals surface area contributed by atoms with Gasteiger partial charge in [-0.15, -0.1) is 0 Å². The molecule has 0 heterocycles. The lowest BCUT2D eigenvalue weighted by atomic mass is 10.2. The Kier molecular flexibility index (Phi) is 4.09. The van der Waals surface area contributed by atoms with Gasteiger partial charge in [0, 0.05) is 12.6 Å². The number of rotatable bonds is 4. The number of sulfonamides is 1. The highest BCUT2D eigenvalue weighted by Gasteiger charge is 2.11. The van der Waals surface area contributed by atoms with Crippen LogP contribution >= 0.6 is 0 Å². The van der Waals surface area contributed by atoms with Gasteiger partial charge in [0.25, 0.3) is 0 Å². The van der Waals surface area contributed by atoms with Gasteiger partial charge in [-0.2, -0.15) is 0 Å². The smallest absolute Gasteiger partial charge is 0.240 e. The van der Waals surface area contributed by atoms with Crippen molar-refractivity contribution < 1.29 is 8.42 Å². The highest BCUT2D eigenvalue weighted by atomic mass is 32.2. The number of benzene rings is 2. The molecule has 2 N–H and O–H groups in total. The topological polar surface area (TPSA) is 72.5 Å². The summed E-state index contributed by atoms with van der Waals surface area (Å²) >= 11 is 0. The van der Waals surface area contributed by atoms with Crippen molar-refractivity contribution in [2.24, 2.45) is 10.1 Å². The quantitative estimate of drug-likeness (QED) is 0.869. The van der Waals surface area contributed by atoms with E-state index in [4.69, 9.17) is 5.14 Å². The van der Waals surface area contributed by atoms with Crippen LogP contribution in [0.5, 0.6) is 0 Å². The summed E-state index contributed by atoms with van der Waals surface area (Å²) in [7, 11) is -3.74. The van der Waals surface area contributed by atoms with Gasteiger partial charge in [-0.1, -0.05) is 42.5 Å². The summed E-state index contributed by atoms with van der Waals surface area (Å²) in [4.78, 5) is 4.22. The van der Waals surface area contributed by atoms with E-state index in [0.29, 0.717) is 12.1 Å². The highest BCUT2D eigenvalue weighted by molar-refractivity contribution is 7.89. The van der Waals surface area contributed by atoms with E-state index >= 15 is 0 Å². The van der Waals surface area contributed by atoms with E-state index < -0.39 is 10.0 Å². The minimum Gasteiger partial charge on any atom is -0.259 e. The monoisotopic (exact) mass is 274 g/mol. The Morgan fingerprint density at radius 3 is 2.32 bits per heavy atom. The summed E-state index contributed by atoms with van der Waals surface area (Å²) < 4.78 is 22.8. The first kappa shape index (κ1) is 13.5. The first-order chi connectivity index (χ1) is 9.07. The molecule has 98 valence electrons. The van der Waals surface area contributed by atoms with Crippen molar-refractivity contribution in [2.45, 2.75) is 11.3 Å². The van der Waals surface area contributed by atoms with E-state index in [9.17, 15) is 8.42 Å². The fraction of sp³-hybridized carbons (Fsp3) is 0.0714. The van der Waals surface area contributed by atoms with Crippen molar-refractivity contribution in [3.8, 4) is 0 Å². The summed E-state index contributed by atoms with van der Waals surface area (Å²) in [6.45, 7) is 0. The Labute approximate surface area is 112 Å². The molecular weight excluding hydrogens is 260 g/mol. The molecule has 0 saturated heterocycles. The summed E-state index contributed by atoms with van der Waals surface area (Å²) in [6.07, 6.45) is 2.32. The third-order valence-corrected chi connectivity index (χ3v) is 3.53. The molecule has 2 aromatic carbocycles. The van der Waals surface area contributed by atoms with E-state index in [0.717, 1.165) is 5.56 Å². The molecule has 5 heteroatoms. The van der Waals surface area contributed by atoms with Crippen LogP contribution in [0.1, 0.15) is 5.56 Å². The molecule has 0 unspecified atom stereocenters. The molecule has 0 bridgehead atoms. The van der Waals surface area contributed by atoms with Crippen molar-refractivity contribution in [1.82, 2.24) is 0 Å². The maximum atomic E-state index is 11.4. The Morgan fingerprint density at radius 2 is 1.63 bits per heavy atom. The zero-order valence-electron chi connectivity index (χ0n) is 10.2. The van der Waals surface area contributed by atoms with E-state index in [1.807, 2.05) is 30.3 Å². The van der Waals surface area contributed by atoms with Gasteiger partial charge < -0.3 is 0 Å². The van der Waals surface area contributed by atoms with Crippen molar-refractivity contribution in [2.75, 3.05) is 0 Å². The van der Waals surface area contributed by atoms with E-state index in [1.165, 1.54) is 6.07 Å². The SMILES string of the molecule is NS(=O)(=O)c1ccccc1N=CCc1ccccc1. The average Bonchev–Trinajstić information content (AvgIpc) is 2.39. The van der Waals surface area contributed by atoms with Crippen molar-refractivity contribution in [3.05, 3.63) is 60.2 Å². The van der Waals surface area contributed by atoms with Crippen molar-refractivity contribution in [1.29, 1.82) is 0 Å². The molecule has 0 spiro atoms. The number of nitrogens with zero attached hydrogens (tertiary/aromatic N) is 1. The Morgan fingerprint density at radius 1 is 1.00 bits per heavy atom. The fourth-order valence-electron chi connectivity index (χ4n) is 1.67. The number of hydrogen-bond acceptors (Lipinski definition) is 3. The molecule has 0 atom stereocenters. The number of hydrogen-bond donors (Lipinski definition) is 1. The summed E-state index contributed by atoms with van der Waals surface area (Å²) in [6, 6.07) is 16.2. The second kappa shape index (κ2) is 5.77. The second-order valence-electron chi connectivity index (χ2n) is 4.01. The van der Waals surface area contributed by atoms with Gasteiger partial charge in [0.2, 0.25) is 10.0 Å². The van der Waals surface area contributed by atoms with Gasteiger partial charge >= 0.3 is 0 Å². The van der Waals surface area contributed by atoms with Crippen LogP contribution in [0.2, 0.25) is 0 Å². The lowest BCUT2D eigenvalue weighted by Gasteiger charge is -2.02. The van der Waals surface area contributed by atoms with Crippen LogP contribution in [0.25, 0.3) is 0 Å². The summed E-state index contributed by atoms with van der Waals surface area (Å²) in [5.74, 6) is 0. The molecule has 0 aliphatic carbocycles. The van der Waals surface area contributed by atoms with Crippen LogP contribution < -0.4 is 5.14 Å².